The van der Waals surface area contributed by atoms with Crippen LogP contribution in [0.1, 0.15) is 413 Å². The molecule has 3 N–H and O–H groups in total. The molecular formula is C78H152O17P2. The highest BCUT2D eigenvalue weighted by Gasteiger charge is 2.30. The standard InChI is InChI=1S/C78H152O17P2/c1-6-9-12-15-18-21-24-27-30-33-36-39-42-45-51-56-61-75(80)88-67-73(94-77(82)63-58-53-46-43-40-37-34-31-28-25-22-19-16-13-10-7-2)69-92-96(84,85)90-65-72(79)66-91-97(86,87)93-70-74(68-89-76(81)62-57-52-49-48-50-55-60-71(4)5)95-78(83)64-59-54-47-44-41-38-35-32-29-26-23-20-17-14-11-8-3/h71-74,79H,6-70H2,1-5H3,(H,84,85)(H,86,87)/t72-,73-,74-/m1/s1. The first-order valence-corrected chi connectivity index (χ1v) is 43.6. The average Bonchev–Trinajstić information content (AvgIpc) is 1.35. The fraction of sp³-hybridized carbons (Fsp3) is 0.949. The van der Waals surface area contributed by atoms with Crippen molar-refractivity contribution in [2.24, 2.45) is 5.92 Å². The predicted molar refractivity (Wildman–Crippen MR) is 395 cm³/mol. The first-order valence-electron chi connectivity index (χ1n) is 40.6. The van der Waals surface area contributed by atoms with Crippen LogP contribution in [0.4, 0.5) is 0 Å². The minimum absolute atomic E-state index is 0.108. The van der Waals surface area contributed by atoms with Crippen LogP contribution in [-0.4, -0.2) is 96.7 Å². The lowest BCUT2D eigenvalue weighted by atomic mass is 10.0. The number of phosphoric ester groups is 2. The Morgan fingerprint density at radius 1 is 0.278 bits per heavy atom. The van der Waals surface area contributed by atoms with Gasteiger partial charge < -0.3 is 33.8 Å². The highest BCUT2D eigenvalue weighted by atomic mass is 31.2. The van der Waals surface area contributed by atoms with Gasteiger partial charge in [-0.2, -0.15) is 0 Å². The number of ether oxygens (including phenoxy) is 4. The van der Waals surface area contributed by atoms with E-state index in [2.05, 4.69) is 34.6 Å². The summed E-state index contributed by atoms with van der Waals surface area (Å²) in [6, 6.07) is 0. The molecule has 0 bridgehead atoms. The van der Waals surface area contributed by atoms with E-state index >= 15 is 0 Å². The smallest absolute Gasteiger partial charge is 0.462 e. The molecule has 2 unspecified atom stereocenters. The molecule has 19 heteroatoms. The van der Waals surface area contributed by atoms with E-state index in [0.29, 0.717) is 31.6 Å². The van der Waals surface area contributed by atoms with Crippen molar-refractivity contribution in [3.63, 3.8) is 0 Å². The van der Waals surface area contributed by atoms with Gasteiger partial charge in [-0.15, -0.1) is 0 Å². The molecule has 0 aliphatic carbocycles. The van der Waals surface area contributed by atoms with E-state index in [0.717, 1.165) is 96.3 Å². The van der Waals surface area contributed by atoms with Crippen molar-refractivity contribution in [2.75, 3.05) is 39.6 Å². The zero-order valence-electron chi connectivity index (χ0n) is 63.2. The van der Waals surface area contributed by atoms with Gasteiger partial charge in [-0.1, -0.05) is 362 Å². The zero-order valence-corrected chi connectivity index (χ0v) is 65.0. The van der Waals surface area contributed by atoms with Gasteiger partial charge in [0.25, 0.3) is 0 Å². The second-order valence-electron chi connectivity index (χ2n) is 28.6. The molecule has 0 aliphatic heterocycles. The average molecular weight is 1420 g/mol. The Morgan fingerprint density at radius 3 is 0.701 bits per heavy atom. The topological polar surface area (TPSA) is 237 Å². The molecule has 0 aliphatic rings. The van der Waals surface area contributed by atoms with Gasteiger partial charge in [-0.3, -0.25) is 37.3 Å². The molecule has 576 valence electrons. The molecule has 0 heterocycles. The second kappa shape index (κ2) is 71.1. The van der Waals surface area contributed by atoms with E-state index in [9.17, 15) is 43.2 Å². The Hall–Kier alpha value is -1.94. The minimum Gasteiger partial charge on any atom is -0.462 e. The third-order valence-corrected chi connectivity index (χ3v) is 20.2. The summed E-state index contributed by atoms with van der Waals surface area (Å²) in [5.74, 6) is -1.43. The van der Waals surface area contributed by atoms with E-state index in [1.165, 1.54) is 231 Å². The predicted octanol–water partition coefficient (Wildman–Crippen LogP) is 23.3. The first-order chi connectivity index (χ1) is 47.0. The molecule has 0 radical (unpaired) electrons. The Balaban J connectivity index is 5.23. The van der Waals surface area contributed by atoms with Crippen molar-refractivity contribution in [1.29, 1.82) is 0 Å². The van der Waals surface area contributed by atoms with Crippen molar-refractivity contribution in [2.45, 2.75) is 432 Å². The molecule has 0 aromatic heterocycles. The number of rotatable bonds is 78. The Labute approximate surface area is 594 Å². The highest BCUT2D eigenvalue weighted by molar-refractivity contribution is 7.47. The van der Waals surface area contributed by atoms with Gasteiger partial charge in [0.2, 0.25) is 0 Å². The largest absolute Gasteiger partial charge is 0.472 e. The number of aliphatic hydroxyl groups is 1. The van der Waals surface area contributed by atoms with Gasteiger partial charge >= 0.3 is 39.5 Å². The van der Waals surface area contributed by atoms with Crippen LogP contribution in [0.25, 0.3) is 0 Å². The molecule has 5 atom stereocenters. The molecule has 0 aromatic carbocycles. The molecule has 0 aromatic rings. The number of hydrogen-bond donors (Lipinski definition) is 3. The Kier molecular flexibility index (Phi) is 69.6. The van der Waals surface area contributed by atoms with Crippen LogP contribution in [0, 0.1) is 5.92 Å². The van der Waals surface area contributed by atoms with Gasteiger partial charge in [-0.05, 0) is 31.6 Å². The van der Waals surface area contributed by atoms with Gasteiger partial charge in [0.05, 0.1) is 26.4 Å². The molecule has 0 saturated carbocycles. The third kappa shape index (κ3) is 72.2. The van der Waals surface area contributed by atoms with Crippen molar-refractivity contribution in [3.05, 3.63) is 0 Å². The molecular weight excluding hydrogens is 1270 g/mol. The molecule has 0 spiro atoms. The molecule has 0 saturated heterocycles. The minimum atomic E-state index is -4.96. The quantitative estimate of drug-likeness (QED) is 0.0222. The van der Waals surface area contributed by atoms with E-state index < -0.39 is 97.5 Å². The number of esters is 4. The first kappa shape index (κ1) is 95.1. The fourth-order valence-electron chi connectivity index (χ4n) is 12.1. The van der Waals surface area contributed by atoms with Crippen LogP contribution in [0.5, 0.6) is 0 Å². The maximum atomic E-state index is 13.1. The Bertz CT molecular complexity index is 1860. The summed E-state index contributed by atoms with van der Waals surface area (Å²) in [6.07, 6.45) is 61.1. The van der Waals surface area contributed by atoms with Crippen LogP contribution < -0.4 is 0 Å². The van der Waals surface area contributed by atoms with Crippen LogP contribution >= 0.6 is 15.6 Å². The molecule has 17 nitrogen and oxygen atoms in total. The summed E-state index contributed by atoms with van der Waals surface area (Å²) < 4.78 is 68.6. The number of hydrogen-bond acceptors (Lipinski definition) is 15. The third-order valence-electron chi connectivity index (χ3n) is 18.3. The SMILES string of the molecule is CCCCCCCCCCCCCCCCCCC(=O)OC[C@H](COP(=O)(O)OC[C@@H](O)COP(=O)(O)OC[C@@H](COC(=O)CCCCCCCCC(C)C)OC(=O)CCCCCCCCCCCCCCCCCC)OC(=O)CCCCCCCCCCCCCCCCCC. The highest BCUT2D eigenvalue weighted by Crippen LogP contribution is 2.45. The summed E-state index contributed by atoms with van der Waals surface area (Å²) in [4.78, 5) is 72.9. The normalized spacial score (nSPS) is 13.9. The van der Waals surface area contributed by atoms with E-state index in [1.807, 2.05) is 0 Å². The lowest BCUT2D eigenvalue weighted by Crippen LogP contribution is -2.30. The van der Waals surface area contributed by atoms with E-state index in [1.54, 1.807) is 0 Å². The van der Waals surface area contributed by atoms with Crippen molar-refractivity contribution in [1.82, 2.24) is 0 Å². The second-order valence-corrected chi connectivity index (χ2v) is 31.5. The van der Waals surface area contributed by atoms with Crippen molar-refractivity contribution < 1.29 is 80.2 Å². The summed E-state index contributed by atoms with van der Waals surface area (Å²) in [7, 11) is -9.91. The van der Waals surface area contributed by atoms with Crippen LogP contribution in [0.15, 0.2) is 0 Å². The van der Waals surface area contributed by atoms with Gasteiger partial charge in [0, 0.05) is 25.7 Å². The van der Waals surface area contributed by atoms with E-state index in [-0.39, 0.29) is 25.7 Å². The molecule has 0 amide bonds. The summed E-state index contributed by atoms with van der Waals surface area (Å²) in [5, 5.41) is 10.6. The maximum Gasteiger partial charge on any atom is 0.472 e. The zero-order chi connectivity index (χ0) is 71.2. The monoisotopic (exact) mass is 1420 g/mol. The summed E-state index contributed by atoms with van der Waals surface area (Å²) >= 11 is 0. The molecule has 97 heavy (non-hydrogen) atoms. The Morgan fingerprint density at radius 2 is 0.474 bits per heavy atom. The van der Waals surface area contributed by atoms with Crippen molar-refractivity contribution >= 4 is 39.5 Å². The molecule has 0 rings (SSSR count). The molecule has 0 fully saturated rings. The maximum absolute atomic E-state index is 13.1. The van der Waals surface area contributed by atoms with Crippen molar-refractivity contribution in [3.8, 4) is 0 Å². The fourth-order valence-corrected chi connectivity index (χ4v) is 13.6. The van der Waals surface area contributed by atoms with E-state index in [4.69, 9.17) is 37.0 Å². The number of phosphoric acid groups is 2. The summed E-state index contributed by atoms with van der Waals surface area (Å²) in [6.45, 7) is 7.24. The van der Waals surface area contributed by atoms with Crippen LogP contribution in [0.3, 0.4) is 0 Å². The van der Waals surface area contributed by atoms with Gasteiger partial charge in [0.1, 0.15) is 19.3 Å². The summed E-state index contributed by atoms with van der Waals surface area (Å²) in [5.41, 5.74) is 0. The number of aliphatic hydroxyl groups excluding tert-OH is 1. The number of unbranched alkanes of at least 4 members (excludes halogenated alkanes) is 50. The number of carbonyl (C=O) groups is 4. The van der Waals surface area contributed by atoms with Crippen LogP contribution in [0.2, 0.25) is 0 Å². The van der Waals surface area contributed by atoms with Gasteiger partial charge in [-0.25, -0.2) is 9.13 Å². The van der Waals surface area contributed by atoms with Crippen LogP contribution in [-0.2, 0) is 65.4 Å². The lowest BCUT2D eigenvalue weighted by molar-refractivity contribution is -0.161. The van der Waals surface area contributed by atoms with Gasteiger partial charge in [0.15, 0.2) is 12.2 Å². The number of carbonyl (C=O) groups excluding carboxylic acids is 4. The lowest BCUT2D eigenvalue weighted by Gasteiger charge is -2.21.